The van der Waals surface area contributed by atoms with Crippen LogP contribution in [0.25, 0.3) is 15.9 Å². The molecule has 6 nitrogen and oxygen atoms in total. The number of fused-ring (bicyclic) bond motifs is 5. The Morgan fingerprint density at radius 3 is 2.84 bits per heavy atom. The number of thiophene rings is 1. The summed E-state index contributed by atoms with van der Waals surface area (Å²) in [5.74, 6) is 2.75. The van der Waals surface area contributed by atoms with Crippen molar-refractivity contribution in [1.82, 2.24) is 19.6 Å². The Balaban J connectivity index is 1.49. The van der Waals surface area contributed by atoms with Crippen molar-refractivity contribution in [1.29, 1.82) is 0 Å². The SMILES string of the molecule is CCc1nc2sc3c(c2c2nnc(SCC(=O)c4ccc(OC)cc4)n12)CC[C@H](C)C3. The molecule has 31 heavy (non-hydrogen) atoms. The summed E-state index contributed by atoms with van der Waals surface area (Å²) in [6.45, 7) is 4.42. The second-order valence-electron chi connectivity index (χ2n) is 8.00. The van der Waals surface area contributed by atoms with Crippen LogP contribution in [0.4, 0.5) is 0 Å². The Hall–Kier alpha value is -2.45. The van der Waals surface area contributed by atoms with Crippen molar-refractivity contribution in [2.45, 2.75) is 44.7 Å². The number of carbonyl (C=O) groups is 1. The Morgan fingerprint density at radius 2 is 2.10 bits per heavy atom. The molecule has 0 fully saturated rings. The molecule has 0 radical (unpaired) electrons. The molecule has 160 valence electrons. The molecule has 1 atom stereocenters. The number of hydrogen-bond acceptors (Lipinski definition) is 7. The van der Waals surface area contributed by atoms with Gasteiger partial charge >= 0.3 is 0 Å². The fourth-order valence-corrected chi connectivity index (χ4v) is 6.44. The highest BCUT2D eigenvalue weighted by atomic mass is 32.2. The fourth-order valence-electron chi connectivity index (χ4n) is 4.20. The van der Waals surface area contributed by atoms with E-state index in [1.165, 1.54) is 28.6 Å². The number of Topliss-reactive ketones (excluding diaryl/α,β-unsaturated/α-hetero) is 1. The summed E-state index contributed by atoms with van der Waals surface area (Å²) < 4.78 is 7.23. The number of carbonyl (C=O) groups excluding carboxylic acids is 1. The monoisotopic (exact) mass is 452 g/mol. The molecular formula is C23H24N4O2S2. The van der Waals surface area contributed by atoms with Gasteiger partial charge in [-0.15, -0.1) is 21.5 Å². The van der Waals surface area contributed by atoms with Gasteiger partial charge in [0.1, 0.15) is 16.4 Å². The zero-order valence-corrected chi connectivity index (χ0v) is 19.5. The molecule has 4 aromatic rings. The van der Waals surface area contributed by atoms with E-state index in [0.29, 0.717) is 11.3 Å². The van der Waals surface area contributed by atoms with E-state index in [1.807, 2.05) is 11.3 Å². The van der Waals surface area contributed by atoms with Gasteiger partial charge in [0.2, 0.25) is 0 Å². The highest BCUT2D eigenvalue weighted by Crippen LogP contribution is 2.39. The molecule has 5 rings (SSSR count). The van der Waals surface area contributed by atoms with E-state index in [2.05, 4.69) is 28.4 Å². The summed E-state index contributed by atoms with van der Waals surface area (Å²) in [7, 11) is 1.62. The van der Waals surface area contributed by atoms with Gasteiger partial charge in [0.05, 0.1) is 18.2 Å². The van der Waals surface area contributed by atoms with Crippen LogP contribution >= 0.6 is 23.1 Å². The zero-order valence-electron chi connectivity index (χ0n) is 17.8. The molecule has 0 unspecified atom stereocenters. The lowest BCUT2D eigenvalue weighted by atomic mass is 9.89. The Labute approximate surface area is 189 Å². The average Bonchev–Trinajstić information content (AvgIpc) is 3.37. The van der Waals surface area contributed by atoms with Crippen molar-refractivity contribution < 1.29 is 9.53 Å². The normalized spacial score (nSPS) is 16.0. The first kappa shape index (κ1) is 20.5. The van der Waals surface area contributed by atoms with E-state index < -0.39 is 0 Å². The standard InChI is InChI=1S/C23H24N4O2S2/c1-4-19-24-22-20(16-10-5-13(2)11-18(16)31-22)21-25-26-23(27(19)21)30-12-17(28)14-6-8-15(29-3)9-7-14/h6-9,13H,4-5,10-12H2,1-3H3/t13-/m0/s1. The number of ether oxygens (including phenoxy) is 1. The Kier molecular flexibility index (Phi) is 5.44. The molecule has 3 heterocycles. The zero-order chi connectivity index (χ0) is 21.5. The first-order valence-corrected chi connectivity index (χ1v) is 12.4. The molecule has 0 spiro atoms. The fraction of sp³-hybridized carbons (Fsp3) is 0.391. The average molecular weight is 453 g/mol. The predicted octanol–water partition coefficient (Wildman–Crippen LogP) is 5.01. The van der Waals surface area contributed by atoms with Crippen molar-refractivity contribution in [2.24, 2.45) is 5.92 Å². The summed E-state index contributed by atoms with van der Waals surface area (Å²) in [4.78, 5) is 20.2. The van der Waals surface area contributed by atoms with Gasteiger partial charge in [-0.25, -0.2) is 4.98 Å². The molecule has 1 aliphatic carbocycles. The number of benzene rings is 1. The maximum Gasteiger partial charge on any atom is 0.197 e. The molecule has 0 aliphatic heterocycles. The highest BCUT2D eigenvalue weighted by molar-refractivity contribution is 7.99. The van der Waals surface area contributed by atoms with Gasteiger partial charge in [-0.3, -0.25) is 9.20 Å². The van der Waals surface area contributed by atoms with Gasteiger partial charge in [0, 0.05) is 16.9 Å². The van der Waals surface area contributed by atoms with E-state index in [-0.39, 0.29) is 5.78 Å². The number of thioether (sulfide) groups is 1. The van der Waals surface area contributed by atoms with Crippen LogP contribution in [0.2, 0.25) is 0 Å². The molecule has 0 amide bonds. The first-order valence-electron chi connectivity index (χ1n) is 10.6. The van der Waals surface area contributed by atoms with E-state index in [9.17, 15) is 4.79 Å². The van der Waals surface area contributed by atoms with Crippen molar-refractivity contribution in [3.05, 3.63) is 46.1 Å². The lowest BCUT2D eigenvalue weighted by Gasteiger charge is -2.17. The topological polar surface area (TPSA) is 69.4 Å². The van der Waals surface area contributed by atoms with Crippen LogP contribution in [-0.4, -0.2) is 38.2 Å². The summed E-state index contributed by atoms with van der Waals surface area (Å²) in [6, 6.07) is 7.21. The van der Waals surface area contributed by atoms with Gasteiger partial charge in [-0.05, 0) is 55.0 Å². The van der Waals surface area contributed by atoms with E-state index in [0.717, 1.165) is 57.8 Å². The summed E-state index contributed by atoms with van der Waals surface area (Å²) in [5.41, 5.74) is 2.95. The predicted molar refractivity (Wildman–Crippen MR) is 125 cm³/mol. The maximum absolute atomic E-state index is 12.7. The third-order valence-corrected chi connectivity index (χ3v) is 7.98. The van der Waals surface area contributed by atoms with Crippen molar-refractivity contribution >= 4 is 44.7 Å². The smallest absolute Gasteiger partial charge is 0.197 e. The number of aromatic nitrogens is 4. The minimum atomic E-state index is 0.0541. The van der Waals surface area contributed by atoms with Crippen LogP contribution in [0.5, 0.6) is 5.75 Å². The van der Waals surface area contributed by atoms with Crippen molar-refractivity contribution in [3.8, 4) is 5.75 Å². The van der Waals surface area contributed by atoms with Crippen molar-refractivity contribution in [2.75, 3.05) is 12.9 Å². The van der Waals surface area contributed by atoms with Crippen LogP contribution in [-0.2, 0) is 19.3 Å². The summed E-state index contributed by atoms with van der Waals surface area (Å²) in [6.07, 6.45) is 4.18. The Morgan fingerprint density at radius 1 is 1.29 bits per heavy atom. The van der Waals surface area contributed by atoms with Crippen LogP contribution in [0.3, 0.4) is 0 Å². The van der Waals surface area contributed by atoms with Crippen LogP contribution in [0.1, 0.15) is 46.9 Å². The maximum atomic E-state index is 12.7. The largest absolute Gasteiger partial charge is 0.497 e. The van der Waals surface area contributed by atoms with Gasteiger partial charge in [-0.1, -0.05) is 25.6 Å². The molecule has 0 saturated carbocycles. The summed E-state index contributed by atoms with van der Waals surface area (Å²) >= 11 is 3.23. The molecule has 3 aromatic heterocycles. The van der Waals surface area contributed by atoms with Gasteiger partial charge in [0.25, 0.3) is 0 Å². The second-order valence-corrected chi connectivity index (χ2v) is 10.0. The Bertz CT molecular complexity index is 1280. The van der Waals surface area contributed by atoms with Crippen LogP contribution < -0.4 is 4.74 Å². The molecule has 0 bridgehead atoms. The summed E-state index contributed by atoms with van der Waals surface area (Å²) in [5, 5.41) is 10.9. The number of methoxy groups -OCH3 is 1. The second kappa shape index (κ2) is 8.24. The van der Waals surface area contributed by atoms with Crippen LogP contribution in [0.15, 0.2) is 29.4 Å². The molecule has 1 aliphatic rings. The lowest BCUT2D eigenvalue weighted by Crippen LogP contribution is -2.09. The molecule has 0 N–H and O–H groups in total. The minimum Gasteiger partial charge on any atom is -0.497 e. The van der Waals surface area contributed by atoms with Crippen LogP contribution in [0, 0.1) is 5.92 Å². The number of hydrogen-bond donors (Lipinski definition) is 0. The van der Waals surface area contributed by atoms with E-state index in [1.54, 1.807) is 31.4 Å². The molecule has 8 heteroatoms. The minimum absolute atomic E-state index is 0.0541. The highest BCUT2D eigenvalue weighted by Gasteiger charge is 2.25. The van der Waals surface area contributed by atoms with Crippen molar-refractivity contribution in [3.63, 3.8) is 0 Å². The van der Waals surface area contributed by atoms with Gasteiger partial charge in [-0.2, -0.15) is 0 Å². The molecule has 1 aromatic carbocycles. The number of ketones is 1. The van der Waals surface area contributed by atoms with E-state index >= 15 is 0 Å². The van der Waals surface area contributed by atoms with Gasteiger partial charge in [0.15, 0.2) is 16.6 Å². The third-order valence-electron chi connectivity index (χ3n) is 5.90. The number of aryl methyl sites for hydroxylation is 2. The van der Waals surface area contributed by atoms with E-state index in [4.69, 9.17) is 9.72 Å². The number of rotatable bonds is 6. The third kappa shape index (κ3) is 3.61. The first-order chi connectivity index (χ1) is 15.1. The molecule has 0 saturated heterocycles. The van der Waals surface area contributed by atoms with Gasteiger partial charge < -0.3 is 4.74 Å². The lowest BCUT2D eigenvalue weighted by molar-refractivity contribution is 0.102. The number of nitrogens with zero attached hydrogens (tertiary/aromatic N) is 4. The quantitative estimate of drug-likeness (QED) is 0.303. The molecular weight excluding hydrogens is 428 g/mol.